The number of rotatable bonds is 0. The van der Waals surface area contributed by atoms with Gasteiger partial charge in [0.25, 0.3) is 5.29 Å². The maximum atomic E-state index is 10.7. The lowest BCUT2D eigenvalue weighted by Crippen LogP contribution is -2.02. The first-order chi connectivity index (χ1) is 4.64. The summed E-state index contributed by atoms with van der Waals surface area (Å²) in [6, 6.07) is 0. The first-order valence-corrected chi connectivity index (χ1v) is 2.26. The van der Waals surface area contributed by atoms with E-state index in [9.17, 15) is 30.4 Å². The molecule has 0 unspecified atom stereocenters. The Morgan fingerprint density at radius 2 is 1.00 bits per heavy atom. The lowest BCUT2D eigenvalue weighted by molar-refractivity contribution is 0.368. The maximum Gasteiger partial charge on any atom is 0.673 e. The molecule has 0 aromatic rings. The predicted octanol–water partition coefficient (Wildman–Crippen LogP) is 3.56. The van der Waals surface area contributed by atoms with Gasteiger partial charge in [-0.3, -0.25) is 0 Å². The minimum Gasteiger partial charge on any atom is -0.418 e. The number of hydrogen-bond donors (Lipinski definition) is 0. The van der Waals surface area contributed by atoms with Crippen LogP contribution in [0.4, 0.5) is 30.4 Å². The normalized spacial score (nSPS) is 9.82. The molecule has 0 rings (SSSR count). The second-order valence-electron chi connectivity index (χ2n) is 1.02. The molecule has 0 atom stereocenters. The van der Waals surface area contributed by atoms with Crippen molar-refractivity contribution in [1.82, 2.24) is 0 Å². The molecule has 0 radical (unpaired) electrons. The zero-order valence-electron chi connectivity index (χ0n) is 4.60. The van der Waals surface area contributed by atoms with E-state index >= 15 is 0 Å². The molecule has 11 heavy (non-hydrogen) atoms. The lowest BCUT2D eigenvalue weighted by atomic mass is 10.3. The zero-order chi connectivity index (χ0) is 9.65. The van der Waals surface area contributed by atoms with Crippen molar-refractivity contribution < 1.29 is 30.4 Å². The van der Waals surface area contributed by atoms with Crippen LogP contribution in [0.15, 0.2) is 11.4 Å². The fourth-order valence-corrected chi connectivity index (χ4v) is 0. The molecule has 0 bridgehead atoms. The largest absolute Gasteiger partial charge is 0.673 e. The Hall–Kier alpha value is -0.395. The highest BCUT2D eigenvalue weighted by Gasteiger charge is 2.20. The fourth-order valence-electron chi connectivity index (χ4n) is 0. The van der Waals surface area contributed by atoms with Crippen molar-refractivity contribution in [3.05, 3.63) is 11.4 Å². The highest BCUT2D eigenvalue weighted by molar-refractivity contribution is 6.50. The van der Waals surface area contributed by atoms with Crippen LogP contribution >= 0.6 is 11.6 Å². The summed E-state index contributed by atoms with van der Waals surface area (Å²) in [4.78, 5) is 0. The van der Waals surface area contributed by atoms with Crippen molar-refractivity contribution in [3.63, 3.8) is 0 Å². The van der Waals surface area contributed by atoms with Crippen LogP contribution in [0.2, 0.25) is 0 Å². The predicted molar refractivity (Wildman–Crippen MR) is 26.4 cm³/mol. The van der Waals surface area contributed by atoms with E-state index in [0.29, 0.717) is 0 Å². The van der Waals surface area contributed by atoms with Crippen molar-refractivity contribution in [3.8, 4) is 0 Å². The molecule has 0 saturated carbocycles. The van der Waals surface area contributed by atoms with E-state index in [2.05, 4.69) is 11.6 Å². The monoisotopic (exact) mass is 203 g/mol. The molecule has 9 heteroatoms. The summed E-state index contributed by atoms with van der Waals surface area (Å²) in [5, 5.41) is -1.94. The second-order valence-corrected chi connectivity index (χ2v) is 1.35. The van der Waals surface area contributed by atoms with Crippen molar-refractivity contribution in [1.29, 1.82) is 0 Å². The first kappa shape index (κ1) is 13.2. The van der Waals surface area contributed by atoms with Crippen molar-refractivity contribution in [2.45, 2.75) is 0 Å². The molecular formula is C2BClF7-. The molecule has 0 aliphatic carbocycles. The molecular weight excluding hydrogens is 203 g/mol. The van der Waals surface area contributed by atoms with Crippen LogP contribution in [0.25, 0.3) is 0 Å². The second kappa shape index (κ2) is 5.28. The Kier molecular flexibility index (Phi) is 6.34. The first-order valence-electron chi connectivity index (χ1n) is 1.88. The van der Waals surface area contributed by atoms with E-state index in [4.69, 9.17) is 0 Å². The Labute approximate surface area is 61.7 Å². The van der Waals surface area contributed by atoms with Gasteiger partial charge in [-0.1, -0.05) is 0 Å². The zero-order valence-corrected chi connectivity index (χ0v) is 5.36. The summed E-state index contributed by atoms with van der Waals surface area (Å²) < 4.78 is 70.8. The van der Waals surface area contributed by atoms with E-state index in [0.717, 1.165) is 0 Å². The lowest BCUT2D eigenvalue weighted by Gasteiger charge is -1.94. The van der Waals surface area contributed by atoms with Crippen LogP contribution in [0.5, 0.6) is 0 Å². The summed E-state index contributed by atoms with van der Waals surface area (Å²) in [5.41, 5.74) is 0. The van der Waals surface area contributed by atoms with Gasteiger partial charge in [0.2, 0.25) is 0 Å². The van der Waals surface area contributed by atoms with Crippen LogP contribution in [0, 0.1) is 0 Å². The van der Waals surface area contributed by atoms with Gasteiger partial charge in [-0.05, 0) is 11.6 Å². The average Bonchev–Trinajstić information content (AvgIpc) is 1.59. The Bertz CT molecular complexity index is 114. The van der Waals surface area contributed by atoms with E-state index in [1.54, 1.807) is 0 Å². The molecule has 0 nitrogen and oxygen atoms in total. The van der Waals surface area contributed by atoms with Crippen molar-refractivity contribution >= 4 is 18.9 Å². The van der Waals surface area contributed by atoms with Gasteiger partial charge in [-0.2, -0.15) is 13.2 Å². The van der Waals surface area contributed by atoms with E-state index in [1.165, 1.54) is 0 Å². The maximum absolute atomic E-state index is 10.7. The molecule has 0 fully saturated rings. The highest BCUT2D eigenvalue weighted by atomic mass is 35.5. The third-order valence-corrected chi connectivity index (χ3v) is 0.286. The summed E-state index contributed by atoms with van der Waals surface area (Å²) in [6.45, 7) is 0. The van der Waals surface area contributed by atoms with Gasteiger partial charge in [0.1, 0.15) is 0 Å². The van der Waals surface area contributed by atoms with E-state index < -0.39 is 18.6 Å². The van der Waals surface area contributed by atoms with Crippen LogP contribution < -0.4 is 0 Å². The molecule has 0 spiro atoms. The topological polar surface area (TPSA) is 0 Å². The quantitative estimate of drug-likeness (QED) is 0.417. The molecule has 0 aromatic heterocycles. The van der Waals surface area contributed by atoms with Gasteiger partial charge in [-0.15, -0.1) is 0 Å². The third kappa shape index (κ3) is 42.7. The molecule has 0 saturated heterocycles. The van der Waals surface area contributed by atoms with Crippen LogP contribution in [-0.4, -0.2) is 7.25 Å². The van der Waals surface area contributed by atoms with E-state index in [1.807, 2.05) is 0 Å². The number of hydrogen-bond acceptors (Lipinski definition) is 0. The molecule has 0 amide bonds. The molecule has 0 aromatic carbocycles. The summed E-state index contributed by atoms with van der Waals surface area (Å²) in [5.74, 6) is 0. The third-order valence-electron chi connectivity index (χ3n) is 0.143. The van der Waals surface area contributed by atoms with Crippen molar-refractivity contribution in [2.24, 2.45) is 0 Å². The average molecular weight is 203 g/mol. The van der Waals surface area contributed by atoms with Crippen LogP contribution in [-0.2, 0) is 0 Å². The van der Waals surface area contributed by atoms with Gasteiger partial charge in [0.15, 0.2) is 0 Å². The standard InChI is InChI=1S/C2ClF3.BF4/c3-1(4)2(5)6;2-1(3,4)5/q;-1. The van der Waals surface area contributed by atoms with Crippen LogP contribution in [0.3, 0.4) is 0 Å². The van der Waals surface area contributed by atoms with Crippen LogP contribution in [0.1, 0.15) is 0 Å². The minimum atomic E-state index is -6.00. The van der Waals surface area contributed by atoms with Crippen molar-refractivity contribution in [2.75, 3.05) is 0 Å². The van der Waals surface area contributed by atoms with Gasteiger partial charge >= 0.3 is 13.3 Å². The Morgan fingerprint density at radius 3 is 1.00 bits per heavy atom. The smallest absolute Gasteiger partial charge is 0.418 e. The highest BCUT2D eigenvalue weighted by Crippen LogP contribution is 2.11. The van der Waals surface area contributed by atoms with Gasteiger partial charge in [0, 0.05) is 0 Å². The van der Waals surface area contributed by atoms with Gasteiger partial charge in [0.05, 0.1) is 0 Å². The molecule has 0 aliphatic rings. The summed E-state index contributed by atoms with van der Waals surface area (Å²) in [6.07, 6.45) is -2.48. The molecule has 0 N–H and O–H groups in total. The number of halogens is 8. The minimum absolute atomic E-state index is 1.94. The SMILES string of the molecule is FC(F)=C(F)Cl.F[B-](F)(F)F. The Morgan fingerprint density at radius 1 is 0.909 bits per heavy atom. The summed E-state index contributed by atoms with van der Waals surface area (Å²) in [7, 11) is -6.00. The van der Waals surface area contributed by atoms with E-state index in [-0.39, 0.29) is 0 Å². The molecule has 68 valence electrons. The molecule has 0 aliphatic heterocycles. The Balaban J connectivity index is 0. The van der Waals surface area contributed by atoms with Gasteiger partial charge in [-0.25, -0.2) is 0 Å². The summed E-state index contributed by atoms with van der Waals surface area (Å²) >= 11 is 4.08. The van der Waals surface area contributed by atoms with Gasteiger partial charge < -0.3 is 17.3 Å². The fraction of sp³-hybridized carbons (Fsp3) is 0. The molecule has 0 heterocycles.